The van der Waals surface area contributed by atoms with Crippen molar-refractivity contribution in [1.82, 2.24) is 0 Å². The van der Waals surface area contributed by atoms with E-state index in [0.29, 0.717) is 12.1 Å². The van der Waals surface area contributed by atoms with Crippen molar-refractivity contribution in [2.45, 2.75) is 17.2 Å². The van der Waals surface area contributed by atoms with Crippen molar-refractivity contribution in [3.63, 3.8) is 0 Å². The summed E-state index contributed by atoms with van der Waals surface area (Å²) in [7, 11) is 0. The van der Waals surface area contributed by atoms with Crippen molar-refractivity contribution < 1.29 is 0 Å². The molecule has 0 aliphatic carbocycles. The lowest BCUT2D eigenvalue weighted by atomic mass is 10.2. The molecule has 0 aromatic heterocycles. The lowest BCUT2D eigenvalue weighted by Crippen LogP contribution is -1.95. The van der Waals surface area contributed by atoms with Crippen LogP contribution in [0.25, 0.3) is 0 Å². The van der Waals surface area contributed by atoms with E-state index in [0.717, 1.165) is 16.9 Å². The van der Waals surface area contributed by atoms with Crippen LogP contribution in [-0.4, -0.2) is 0 Å². The number of benzene rings is 2. The Morgan fingerprint density at radius 1 is 1.06 bits per heavy atom. The summed E-state index contributed by atoms with van der Waals surface area (Å²) >= 11 is 1.76. The summed E-state index contributed by atoms with van der Waals surface area (Å²) in [5, 5.41) is 8.84. The van der Waals surface area contributed by atoms with Crippen LogP contribution < -0.4 is 5.73 Å². The molecule has 0 amide bonds. The van der Waals surface area contributed by atoms with Gasteiger partial charge in [-0.05, 0) is 35.4 Å². The van der Waals surface area contributed by atoms with E-state index in [1.165, 1.54) is 4.90 Å². The molecule has 0 aliphatic rings. The highest BCUT2D eigenvalue weighted by Crippen LogP contribution is 2.23. The zero-order valence-electron chi connectivity index (χ0n) is 9.97. The maximum atomic E-state index is 8.84. The van der Waals surface area contributed by atoms with Crippen molar-refractivity contribution in [3.8, 4) is 6.07 Å². The molecular formula is C15H14N2S. The molecule has 0 atom stereocenters. The molecule has 0 heterocycles. The fourth-order valence-electron chi connectivity index (χ4n) is 1.66. The van der Waals surface area contributed by atoms with Gasteiger partial charge in [0.1, 0.15) is 0 Å². The average molecular weight is 254 g/mol. The van der Waals surface area contributed by atoms with Crippen molar-refractivity contribution in [2.24, 2.45) is 5.73 Å². The van der Waals surface area contributed by atoms with Gasteiger partial charge in [0.25, 0.3) is 0 Å². The minimum atomic E-state index is 0.568. The smallest absolute Gasteiger partial charge is 0.0991 e. The van der Waals surface area contributed by atoms with Crippen molar-refractivity contribution >= 4 is 11.8 Å². The van der Waals surface area contributed by atoms with Crippen LogP contribution in [0, 0.1) is 11.3 Å². The van der Waals surface area contributed by atoms with Gasteiger partial charge in [-0.2, -0.15) is 5.26 Å². The number of nitrogens with zero attached hydrogens (tertiary/aromatic N) is 1. The van der Waals surface area contributed by atoms with Gasteiger partial charge in [0.2, 0.25) is 0 Å². The van der Waals surface area contributed by atoms with Gasteiger partial charge >= 0.3 is 0 Å². The highest BCUT2D eigenvalue weighted by atomic mass is 32.2. The molecule has 0 fully saturated rings. The maximum Gasteiger partial charge on any atom is 0.0991 e. The Kier molecular flexibility index (Phi) is 4.40. The first-order valence-electron chi connectivity index (χ1n) is 5.72. The average Bonchev–Trinajstić information content (AvgIpc) is 2.45. The van der Waals surface area contributed by atoms with Crippen molar-refractivity contribution in [2.75, 3.05) is 0 Å². The Morgan fingerprint density at radius 3 is 2.61 bits per heavy atom. The van der Waals surface area contributed by atoms with E-state index in [2.05, 4.69) is 18.2 Å². The summed E-state index contributed by atoms with van der Waals surface area (Å²) in [4.78, 5) is 1.21. The quantitative estimate of drug-likeness (QED) is 0.852. The monoisotopic (exact) mass is 254 g/mol. The highest BCUT2D eigenvalue weighted by molar-refractivity contribution is 7.98. The van der Waals surface area contributed by atoms with Crippen LogP contribution in [0.5, 0.6) is 0 Å². The first-order valence-corrected chi connectivity index (χ1v) is 6.71. The number of rotatable bonds is 4. The van der Waals surface area contributed by atoms with E-state index in [-0.39, 0.29) is 0 Å². The molecule has 0 unspecified atom stereocenters. The summed E-state index contributed by atoms with van der Waals surface area (Å²) < 4.78 is 0. The number of nitrogens with two attached hydrogens (primary N) is 1. The molecule has 2 N–H and O–H groups in total. The highest BCUT2D eigenvalue weighted by Gasteiger charge is 1.99. The molecule has 18 heavy (non-hydrogen) atoms. The normalized spacial score (nSPS) is 10.0. The Labute approximate surface area is 111 Å². The van der Waals surface area contributed by atoms with Gasteiger partial charge in [-0.15, -0.1) is 11.8 Å². The van der Waals surface area contributed by atoms with Crippen molar-refractivity contribution in [1.29, 1.82) is 5.26 Å². The number of nitriles is 1. The summed E-state index contributed by atoms with van der Waals surface area (Å²) in [6.07, 6.45) is 0. The van der Waals surface area contributed by atoms with Gasteiger partial charge < -0.3 is 5.73 Å². The second kappa shape index (κ2) is 6.25. The molecule has 0 bridgehead atoms. The molecule has 2 rings (SSSR count). The second-order valence-electron chi connectivity index (χ2n) is 3.95. The van der Waals surface area contributed by atoms with Gasteiger partial charge in [-0.1, -0.05) is 24.3 Å². The minimum absolute atomic E-state index is 0.568. The predicted octanol–water partition coefficient (Wildman–Crippen LogP) is 3.31. The van der Waals surface area contributed by atoms with Crippen LogP contribution in [0.2, 0.25) is 0 Å². The molecule has 0 aliphatic heterocycles. The fraction of sp³-hybridized carbons (Fsp3) is 0.133. The molecule has 0 saturated heterocycles. The van der Waals surface area contributed by atoms with Crippen LogP contribution in [0.15, 0.2) is 53.4 Å². The van der Waals surface area contributed by atoms with Gasteiger partial charge in [0, 0.05) is 17.2 Å². The lowest BCUT2D eigenvalue weighted by Gasteiger charge is -2.04. The zero-order chi connectivity index (χ0) is 12.8. The van der Waals surface area contributed by atoms with Crippen LogP contribution in [0.1, 0.15) is 16.7 Å². The molecule has 0 radical (unpaired) electrons. The lowest BCUT2D eigenvalue weighted by molar-refractivity contribution is 1.06. The number of hydrogen-bond donors (Lipinski definition) is 1. The standard InChI is InChI=1S/C15H14N2S/c16-9-12-3-1-5-14(7-12)11-18-15-6-2-4-13(8-15)10-17/h1-8H,10-11,17H2. The third-order valence-electron chi connectivity index (χ3n) is 2.60. The van der Waals surface area contributed by atoms with Crippen LogP contribution in [-0.2, 0) is 12.3 Å². The molecule has 2 aromatic rings. The third-order valence-corrected chi connectivity index (χ3v) is 3.66. The van der Waals surface area contributed by atoms with E-state index in [1.54, 1.807) is 11.8 Å². The minimum Gasteiger partial charge on any atom is -0.326 e. The van der Waals surface area contributed by atoms with Gasteiger partial charge in [0.15, 0.2) is 0 Å². The van der Waals surface area contributed by atoms with E-state index in [4.69, 9.17) is 11.0 Å². The molecule has 90 valence electrons. The van der Waals surface area contributed by atoms with E-state index in [9.17, 15) is 0 Å². The SMILES string of the molecule is N#Cc1cccc(CSc2cccc(CN)c2)c1. The first-order chi connectivity index (χ1) is 8.81. The van der Waals surface area contributed by atoms with E-state index >= 15 is 0 Å². The zero-order valence-corrected chi connectivity index (χ0v) is 10.8. The fourth-order valence-corrected chi connectivity index (χ4v) is 2.58. The first kappa shape index (κ1) is 12.7. The largest absolute Gasteiger partial charge is 0.326 e. The Balaban J connectivity index is 2.04. The van der Waals surface area contributed by atoms with Gasteiger partial charge in [-0.3, -0.25) is 0 Å². The van der Waals surface area contributed by atoms with Gasteiger partial charge in [-0.25, -0.2) is 0 Å². The molecule has 2 aromatic carbocycles. The van der Waals surface area contributed by atoms with Crippen LogP contribution in [0.3, 0.4) is 0 Å². The summed E-state index contributed by atoms with van der Waals surface area (Å²) in [5.74, 6) is 0.865. The Bertz CT molecular complexity index is 573. The molecular weight excluding hydrogens is 240 g/mol. The Morgan fingerprint density at radius 2 is 1.83 bits per heavy atom. The Hall–Kier alpha value is -1.76. The van der Waals surface area contributed by atoms with E-state index in [1.807, 2.05) is 36.4 Å². The third kappa shape index (κ3) is 3.36. The molecule has 0 spiro atoms. The molecule has 3 heteroatoms. The maximum absolute atomic E-state index is 8.84. The van der Waals surface area contributed by atoms with Crippen molar-refractivity contribution in [3.05, 3.63) is 65.2 Å². The van der Waals surface area contributed by atoms with Crippen LogP contribution in [0.4, 0.5) is 0 Å². The summed E-state index contributed by atoms with van der Waals surface area (Å²) in [6, 6.07) is 18.1. The van der Waals surface area contributed by atoms with Gasteiger partial charge in [0.05, 0.1) is 11.6 Å². The van der Waals surface area contributed by atoms with E-state index < -0.39 is 0 Å². The summed E-state index contributed by atoms with van der Waals surface area (Å²) in [5.41, 5.74) is 8.64. The van der Waals surface area contributed by atoms with Crippen LogP contribution >= 0.6 is 11.8 Å². The number of thioether (sulfide) groups is 1. The topological polar surface area (TPSA) is 49.8 Å². The second-order valence-corrected chi connectivity index (χ2v) is 5.00. The summed E-state index contributed by atoms with van der Waals surface area (Å²) in [6.45, 7) is 0.568. The predicted molar refractivity (Wildman–Crippen MR) is 75.1 cm³/mol. The number of hydrogen-bond acceptors (Lipinski definition) is 3. The molecule has 0 saturated carbocycles. The molecule has 2 nitrogen and oxygen atoms in total.